The fourth-order valence-corrected chi connectivity index (χ4v) is 7.60. The molecule has 2 heterocycles. The number of rotatable bonds is 6. The highest BCUT2D eigenvalue weighted by atomic mass is 16.3. The average Bonchev–Trinajstić information content (AvgIpc) is 3.78. The Kier molecular flexibility index (Phi) is 6.81. The van der Waals surface area contributed by atoms with Crippen molar-refractivity contribution in [3.05, 3.63) is 188 Å². The van der Waals surface area contributed by atoms with Crippen molar-refractivity contribution in [2.75, 3.05) is 4.90 Å². The minimum absolute atomic E-state index is 0.888. The highest BCUT2D eigenvalue weighted by Gasteiger charge is 2.22. The van der Waals surface area contributed by atoms with Gasteiger partial charge >= 0.3 is 0 Å². The topological polar surface area (TPSA) is 32.2 Å². The molecule has 0 saturated heterocycles. The van der Waals surface area contributed by atoms with Gasteiger partial charge in [0, 0.05) is 44.0 Å². The number of anilines is 3. The van der Waals surface area contributed by atoms with E-state index in [2.05, 4.69) is 186 Å². The van der Waals surface area contributed by atoms with E-state index >= 15 is 0 Å². The number of nitrogens with zero attached hydrogens (tertiary/aromatic N) is 1. The quantitative estimate of drug-likeness (QED) is 0.194. The van der Waals surface area contributed by atoms with Crippen LogP contribution in [0.25, 0.3) is 77.1 Å². The third kappa shape index (κ3) is 4.98. The molecular weight excluding hydrogens is 621 g/mol. The third-order valence-electron chi connectivity index (χ3n) is 9.99. The fourth-order valence-electron chi connectivity index (χ4n) is 7.60. The van der Waals surface area contributed by atoms with E-state index in [9.17, 15) is 0 Å². The van der Waals surface area contributed by atoms with Gasteiger partial charge in [0.05, 0.1) is 11.2 Å². The van der Waals surface area contributed by atoms with E-state index in [4.69, 9.17) is 4.42 Å². The van der Waals surface area contributed by atoms with E-state index in [0.29, 0.717) is 0 Å². The summed E-state index contributed by atoms with van der Waals surface area (Å²) >= 11 is 0. The van der Waals surface area contributed by atoms with Crippen LogP contribution >= 0.6 is 0 Å². The van der Waals surface area contributed by atoms with Crippen molar-refractivity contribution in [3.63, 3.8) is 0 Å². The Morgan fingerprint density at radius 3 is 1.69 bits per heavy atom. The number of hydrogen-bond donors (Lipinski definition) is 1. The van der Waals surface area contributed by atoms with Crippen LogP contribution in [0, 0.1) is 0 Å². The third-order valence-corrected chi connectivity index (χ3v) is 9.99. The van der Waals surface area contributed by atoms with Crippen LogP contribution in [0.3, 0.4) is 0 Å². The Bertz CT molecular complexity index is 2780. The van der Waals surface area contributed by atoms with Gasteiger partial charge in [-0.1, -0.05) is 133 Å². The lowest BCUT2D eigenvalue weighted by molar-refractivity contribution is 0.669. The van der Waals surface area contributed by atoms with E-state index in [-0.39, 0.29) is 0 Å². The van der Waals surface area contributed by atoms with E-state index in [0.717, 1.165) is 61.2 Å². The second-order valence-corrected chi connectivity index (χ2v) is 13.0. The molecule has 0 bridgehead atoms. The number of benzene rings is 8. The number of hydrogen-bond acceptors (Lipinski definition) is 2. The van der Waals surface area contributed by atoms with Crippen molar-refractivity contribution in [1.82, 2.24) is 4.98 Å². The van der Waals surface area contributed by atoms with E-state index in [1.807, 2.05) is 12.1 Å². The number of para-hydroxylation sites is 2. The maximum Gasteiger partial charge on any atom is 0.136 e. The summed E-state index contributed by atoms with van der Waals surface area (Å²) < 4.78 is 6.34. The molecule has 3 nitrogen and oxygen atoms in total. The van der Waals surface area contributed by atoms with Crippen LogP contribution in [0.2, 0.25) is 0 Å². The number of fused-ring (bicyclic) bond motifs is 6. The Balaban J connectivity index is 1.22. The van der Waals surface area contributed by atoms with Crippen molar-refractivity contribution in [2.24, 2.45) is 0 Å². The molecule has 2 aromatic heterocycles. The molecule has 240 valence electrons. The number of aromatic amines is 1. The van der Waals surface area contributed by atoms with Gasteiger partial charge in [0.25, 0.3) is 0 Å². The van der Waals surface area contributed by atoms with Gasteiger partial charge in [0.15, 0.2) is 0 Å². The molecule has 10 aromatic rings. The van der Waals surface area contributed by atoms with Crippen LogP contribution in [0.15, 0.2) is 192 Å². The van der Waals surface area contributed by atoms with Gasteiger partial charge in [-0.15, -0.1) is 0 Å². The lowest BCUT2D eigenvalue weighted by atomic mass is 9.98. The average molecular weight is 653 g/mol. The van der Waals surface area contributed by atoms with Gasteiger partial charge in [-0.3, -0.25) is 0 Å². The van der Waals surface area contributed by atoms with Gasteiger partial charge in [-0.25, -0.2) is 0 Å². The van der Waals surface area contributed by atoms with E-state index in [1.165, 1.54) is 33.0 Å². The lowest BCUT2D eigenvalue weighted by Crippen LogP contribution is -2.11. The van der Waals surface area contributed by atoms with Crippen LogP contribution < -0.4 is 4.90 Å². The Morgan fingerprint density at radius 1 is 0.392 bits per heavy atom. The molecule has 0 aliphatic rings. The van der Waals surface area contributed by atoms with Crippen LogP contribution in [-0.4, -0.2) is 4.98 Å². The van der Waals surface area contributed by atoms with E-state index < -0.39 is 0 Å². The largest absolute Gasteiger partial charge is 0.456 e. The van der Waals surface area contributed by atoms with Crippen molar-refractivity contribution in [1.29, 1.82) is 0 Å². The first-order valence-electron chi connectivity index (χ1n) is 17.3. The van der Waals surface area contributed by atoms with Crippen molar-refractivity contribution in [3.8, 4) is 33.4 Å². The Morgan fingerprint density at radius 2 is 0.980 bits per heavy atom. The summed E-state index contributed by atoms with van der Waals surface area (Å²) in [7, 11) is 0. The molecule has 8 aromatic carbocycles. The maximum absolute atomic E-state index is 6.34. The minimum Gasteiger partial charge on any atom is -0.456 e. The Hall–Kier alpha value is -6.84. The normalized spacial score (nSPS) is 11.5. The molecule has 0 spiro atoms. The zero-order valence-electron chi connectivity index (χ0n) is 27.8. The first kappa shape index (κ1) is 29.1. The highest BCUT2D eigenvalue weighted by molar-refractivity contribution is 6.19. The van der Waals surface area contributed by atoms with Crippen LogP contribution in [0.4, 0.5) is 17.1 Å². The lowest BCUT2D eigenvalue weighted by Gasteiger charge is -2.28. The molecule has 0 aliphatic carbocycles. The van der Waals surface area contributed by atoms with Gasteiger partial charge in [0.1, 0.15) is 11.2 Å². The fraction of sp³-hybridized carbons (Fsp3) is 0. The summed E-state index contributed by atoms with van der Waals surface area (Å²) in [5, 5.41) is 4.61. The van der Waals surface area contributed by atoms with Crippen LogP contribution in [-0.2, 0) is 0 Å². The number of furan rings is 1. The molecule has 0 aliphatic heterocycles. The van der Waals surface area contributed by atoms with Crippen molar-refractivity contribution >= 4 is 60.8 Å². The number of aromatic nitrogens is 1. The Labute approximate surface area is 295 Å². The molecule has 0 atom stereocenters. The maximum atomic E-state index is 6.34. The number of nitrogens with one attached hydrogen (secondary N) is 1. The molecule has 1 N–H and O–H groups in total. The standard InChI is InChI=1S/C48H32N2O/c1-3-13-32(14-4-1)34-17-11-19-37(29-34)50(38-20-12-18-35(30-38)33-15-5-2-6-16-33)44-28-27-39(48-47(44)42-22-7-9-23-43(42)49-48)36-25-26-41-40-21-8-10-24-45(40)51-46(41)31-36/h1-31,49H. The summed E-state index contributed by atoms with van der Waals surface area (Å²) in [6.45, 7) is 0. The molecule has 10 rings (SSSR count). The number of H-pyrrole nitrogens is 1. The van der Waals surface area contributed by atoms with Crippen molar-refractivity contribution < 1.29 is 4.42 Å². The summed E-state index contributed by atoms with van der Waals surface area (Å²) in [5.74, 6) is 0. The van der Waals surface area contributed by atoms with Gasteiger partial charge in [0.2, 0.25) is 0 Å². The zero-order valence-corrected chi connectivity index (χ0v) is 27.8. The first-order valence-corrected chi connectivity index (χ1v) is 17.3. The van der Waals surface area contributed by atoms with Crippen LogP contribution in [0.1, 0.15) is 0 Å². The van der Waals surface area contributed by atoms with Crippen molar-refractivity contribution in [2.45, 2.75) is 0 Å². The summed E-state index contributed by atoms with van der Waals surface area (Å²) in [5.41, 5.74) is 14.2. The highest BCUT2D eigenvalue weighted by Crippen LogP contribution is 2.46. The first-order chi connectivity index (χ1) is 25.3. The molecule has 0 unspecified atom stereocenters. The molecule has 51 heavy (non-hydrogen) atoms. The molecule has 0 amide bonds. The van der Waals surface area contributed by atoms with Gasteiger partial charge in [-0.2, -0.15) is 0 Å². The predicted molar refractivity (Wildman–Crippen MR) is 214 cm³/mol. The summed E-state index contributed by atoms with van der Waals surface area (Å²) in [4.78, 5) is 6.25. The molecule has 0 radical (unpaired) electrons. The smallest absolute Gasteiger partial charge is 0.136 e. The predicted octanol–water partition coefficient (Wildman–Crippen LogP) is 13.7. The second kappa shape index (κ2) is 11.9. The SMILES string of the molecule is c1ccc(-c2cccc(N(c3cccc(-c4ccccc4)c3)c3ccc(-c4ccc5c(c4)oc4ccccc45)c4[nH]c5ccccc5c34)c2)cc1. The van der Waals surface area contributed by atoms with E-state index in [1.54, 1.807) is 0 Å². The summed E-state index contributed by atoms with van der Waals surface area (Å²) in [6.07, 6.45) is 0. The summed E-state index contributed by atoms with van der Waals surface area (Å²) in [6, 6.07) is 66.9. The van der Waals surface area contributed by atoms with Gasteiger partial charge < -0.3 is 14.3 Å². The molecule has 0 fully saturated rings. The molecular formula is C48H32N2O. The molecule has 0 saturated carbocycles. The zero-order chi connectivity index (χ0) is 33.7. The van der Waals surface area contributed by atoms with Gasteiger partial charge in [-0.05, 0) is 82.4 Å². The minimum atomic E-state index is 0.888. The monoisotopic (exact) mass is 652 g/mol. The molecule has 3 heteroatoms. The van der Waals surface area contributed by atoms with Crippen LogP contribution in [0.5, 0.6) is 0 Å². The second-order valence-electron chi connectivity index (χ2n) is 13.0.